The molecule has 0 spiro atoms. The first-order valence-electron chi connectivity index (χ1n) is 4.52. The van der Waals surface area contributed by atoms with E-state index in [9.17, 15) is 5.11 Å². The van der Waals surface area contributed by atoms with Crippen LogP contribution in [0.2, 0.25) is 0 Å². The minimum atomic E-state index is -0.521. The van der Waals surface area contributed by atoms with Crippen molar-refractivity contribution in [2.24, 2.45) is 0 Å². The van der Waals surface area contributed by atoms with Crippen molar-refractivity contribution in [2.45, 2.75) is 12.6 Å². The van der Waals surface area contributed by atoms with E-state index >= 15 is 0 Å². The SMILES string of the molecule is C=CC(O)Cn1cnc2ccccc21. The third-order valence-corrected chi connectivity index (χ3v) is 2.18. The fraction of sp³-hybridized carbons (Fsp3) is 0.182. The highest BCUT2D eigenvalue weighted by atomic mass is 16.3. The molecule has 0 amide bonds. The number of hydrogen-bond acceptors (Lipinski definition) is 2. The minimum Gasteiger partial charge on any atom is -0.387 e. The molecule has 0 radical (unpaired) electrons. The van der Waals surface area contributed by atoms with Crippen LogP contribution in [-0.4, -0.2) is 20.8 Å². The van der Waals surface area contributed by atoms with E-state index in [-0.39, 0.29) is 0 Å². The number of fused-ring (bicyclic) bond motifs is 1. The van der Waals surface area contributed by atoms with Gasteiger partial charge in [0.15, 0.2) is 0 Å². The summed E-state index contributed by atoms with van der Waals surface area (Å²) in [6, 6.07) is 7.84. The lowest BCUT2D eigenvalue weighted by molar-refractivity contribution is 0.203. The van der Waals surface area contributed by atoms with Gasteiger partial charge in [0.1, 0.15) is 0 Å². The van der Waals surface area contributed by atoms with Gasteiger partial charge in [-0.25, -0.2) is 4.98 Å². The molecule has 3 nitrogen and oxygen atoms in total. The van der Waals surface area contributed by atoms with Crippen LogP contribution in [-0.2, 0) is 6.54 Å². The summed E-state index contributed by atoms with van der Waals surface area (Å²) in [6.45, 7) is 4.04. The van der Waals surface area contributed by atoms with Crippen LogP contribution in [0.1, 0.15) is 0 Å². The molecule has 1 N–H and O–H groups in total. The van der Waals surface area contributed by atoms with Crippen LogP contribution >= 0.6 is 0 Å². The Balaban J connectivity index is 2.38. The maximum atomic E-state index is 9.42. The molecular formula is C11H12N2O. The third-order valence-electron chi connectivity index (χ3n) is 2.18. The van der Waals surface area contributed by atoms with Gasteiger partial charge in [-0.05, 0) is 12.1 Å². The van der Waals surface area contributed by atoms with Crippen molar-refractivity contribution >= 4 is 11.0 Å². The monoisotopic (exact) mass is 188 g/mol. The second kappa shape index (κ2) is 3.64. The Labute approximate surface area is 82.3 Å². The number of imidazole rings is 1. The summed E-state index contributed by atoms with van der Waals surface area (Å²) in [5.74, 6) is 0. The first kappa shape index (κ1) is 8.97. The van der Waals surface area contributed by atoms with E-state index in [1.54, 1.807) is 6.33 Å². The van der Waals surface area contributed by atoms with Crippen LogP contribution in [0, 0.1) is 0 Å². The largest absolute Gasteiger partial charge is 0.387 e. The zero-order valence-corrected chi connectivity index (χ0v) is 7.80. The molecule has 1 heterocycles. The van der Waals surface area contributed by atoms with Gasteiger partial charge < -0.3 is 9.67 Å². The maximum absolute atomic E-state index is 9.42. The normalized spacial score (nSPS) is 12.9. The van der Waals surface area contributed by atoms with Gasteiger partial charge in [-0.15, -0.1) is 6.58 Å². The van der Waals surface area contributed by atoms with Crippen LogP contribution in [0.25, 0.3) is 11.0 Å². The number of aliphatic hydroxyl groups is 1. The Hall–Kier alpha value is -1.61. The number of aromatic nitrogens is 2. The molecular weight excluding hydrogens is 176 g/mol. The number of hydrogen-bond donors (Lipinski definition) is 1. The van der Waals surface area contributed by atoms with Gasteiger partial charge in [0.05, 0.1) is 30.0 Å². The molecule has 1 aromatic carbocycles. The predicted molar refractivity (Wildman–Crippen MR) is 55.9 cm³/mol. The molecule has 1 aromatic heterocycles. The number of nitrogens with zero attached hydrogens (tertiary/aromatic N) is 2. The molecule has 0 fully saturated rings. The molecule has 72 valence electrons. The zero-order chi connectivity index (χ0) is 9.97. The third kappa shape index (κ3) is 1.54. The van der Waals surface area contributed by atoms with E-state index in [4.69, 9.17) is 0 Å². The van der Waals surface area contributed by atoms with Crippen molar-refractivity contribution in [1.29, 1.82) is 0 Å². The molecule has 0 bridgehead atoms. The van der Waals surface area contributed by atoms with Crippen molar-refractivity contribution < 1.29 is 5.11 Å². The molecule has 0 saturated carbocycles. The fourth-order valence-corrected chi connectivity index (χ4v) is 1.43. The second-order valence-corrected chi connectivity index (χ2v) is 3.19. The second-order valence-electron chi connectivity index (χ2n) is 3.19. The fourth-order valence-electron chi connectivity index (χ4n) is 1.43. The first-order valence-corrected chi connectivity index (χ1v) is 4.52. The van der Waals surface area contributed by atoms with Gasteiger partial charge in [0, 0.05) is 0 Å². The lowest BCUT2D eigenvalue weighted by atomic mass is 10.3. The zero-order valence-electron chi connectivity index (χ0n) is 7.80. The number of aliphatic hydroxyl groups excluding tert-OH is 1. The minimum absolute atomic E-state index is 0.504. The molecule has 14 heavy (non-hydrogen) atoms. The summed E-state index contributed by atoms with van der Waals surface area (Å²) in [5.41, 5.74) is 1.98. The maximum Gasteiger partial charge on any atom is 0.0959 e. The summed E-state index contributed by atoms with van der Waals surface area (Å²) >= 11 is 0. The van der Waals surface area contributed by atoms with Crippen molar-refractivity contribution in [3.05, 3.63) is 43.2 Å². The topological polar surface area (TPSA) is 38.0 Å². The van der Waals surface area contributed by atoms with Gasteiger partial charge in [-0.3, -0.25) is 0 Å². The first-order chi connectivity index (χ1) is 6.81. The van der Waals surface area contributed by atoms with Crippen LogP contribution in [0.15, 0.2) is 43.2 Å². The predicted octanol–water partition coefficient (Wildman–Crippen LogP) is 1.58. The quantitative estimate of drug-likeness (QED) is 0.743. The Morgan fingerprint density at radius 3 is 3.07 bits per heavy atom. The van der Waals surface area contributed by atoms with Crippen LogP contribution in [0.3, 0.4) is 0 Å². The standard InChI is InChI=1S/C11H12N2O/c1-2-9(14)7-13-8-12-10-5-3-4-6-11(10)13/h2-6,8-9,14H,1,7H2. The number of para-hydroxylation sites is 2. The van der Waals surface area contributed by atoms with Crippen LogP contribution < -0.4 is 0 Å². The molecule has 0 aliphatic rings. The number of benzene rings is 1. The van der Waals surface area contributed by atoms with Gasteiger partial charge in [-0.2, -0.15) is 0 Å². The molecule has 1 unspecified atom stereocenters. The summed E-state index contributed by atoms with van der Waals surface area (Å²) < 4.78 is 1.92. The highest BCUT2D eigenvalue weighted by Crippen LogP contribution is 2.12. The van der Waals surface area contributed by atoms with E-state index in [1.165, 1.54) is 6.08 Å². The van der Waals surface area contributed by atoms with Crippen LogP contribution in [0.4, 0.5) is 0 Å². The Kier molecular flexibility index (Phi) is 2.33. The van der Waals surface area contributed by atoms with Gasteiger partial charge in [0.25, 0.3) is 0 Å². The van der Waals surface area contributed by atoms with Crippen molar-refractivity contribution in [2.75, 3.05) is 0 Å². The summed E-state index contributed by atoms with van der Waals surface area (Å²) in [7, 11) is 0. The summed E-state index contributed by atoms with van der Waals surface area (Å²) in [4.78, 5) is 4.22. The smallest absolute Gasteiger partial charge is 0.0959 e. The lowest BCUT2D eigenvalue weighted by Crippen LogP contribution is -2.11. The van der Waals surface area contributed by atoms with E-state index in [2.05, 4.69) is 11.6 Å². The van der Waals surface area contributed by atoms with Gasteiger partial charge in [-0.1, -0.05) is 18.2 Å². The van der Waals surface area contributed by atoms with E-state index < -0.39 is 6.10 Å². The van der Waals surface area contributed by atoms with E-state index in [0.29, 0.717) is 6.54 Å². The van der Waals surface area contributed by atoms with E-state index in [0.717, 1.165) is 11.0 Å². The molecule has 2 rings (SSSR count). The van der Waals surface area contributed by atoms with Crippen molar-refractivity contribution in [3.8, 4) is 0 Å². The average molecular weight is 188 g/mol. The summed E-state index contributed by atoms with van der Waals surface area (Å²) in [5, 5.41) is 9.42. The molecule has 0 aliphatic heterocycles. The molecule has 0 saturated heterocycles. The molecule has 0 aliphatic carbocycles. The molecule has 1 atom stereocenters. The average Bonchev–Trinajstić information content (AvgIpc) is 2.62. The van der Waals surface area contributed by atoms with Crippen molar-refractivity contribution in [3.63, 3.8) is 0 Å². The van der Waals surface area contributed by atoms with Crippen LogP contribution in [0.5, 0.6) is 0 Å². The van der Waals surface area contributed by atoms with Crippen molar-refractivity contribution in [1.82, 2.24) is 9.55 Å². The Bertz CT molecular complexity index is 447. The summed E-state index contributed by atoms with van der Waals surface area (Å²) in [6.07, 6.45) is 2.74. The van der Waals surface area contributed by atoms with Gasteiger partial charge >= 0.3 is 0 Å². The molecule has 2 aromatic rings. The number of rotatable bonds is 3. The Morgan fingerprint density at radius 2 is 2.29 bits per heavy atom. The van der Waals surface area contributed by atoms with Gasteiger partial charge in [0.2, 0.25) is 0 Å². The lowest BCUT2D eigenvalue weighted by Gasteiger charge is -2.06. The molecule has 3 heteroatoms. The highest BCUT2D eigenvalue weighted by molar-refractivity contribution is 5.74. The highest BCUT2D eigenvalue weighted by Gasteiger charge is 2.04. The van der Waals surface area contributed by atoms with E-state index in [1.807, 2.05) is 28.8 Å². The Morgan fingerprint density at radius 1 is 1.50 bits per heavy atom.